The molecule has 2 N–H and O–H groups in total. The van der Waals surface area contributed by atoms with E-state index in [2.05, 4.69) is 24.9 Å². The molecule has 0 radical (unpaired) electrons. The highest BCUT2D eigenvalue weighted by Crippen LogP contribution is 2.64. The predicted octanol–water partition coefficient (Wildman–Crippen LogP) is 2.74. The second-order valence-electron chi connectivity index (χ2n) is 4.97. The average molecular weight is 225 g/mol. The van der Waals surface area contributed by atoms with Gasteiger partial charge in [0.1, 0.15) is 5.15 Å². The first kappa shape index (κ1) is 10.9. The molecule has 0 aromatic carbocycles. The molecule has 2 atom stereocenters. The number of hydrogen-bond donors (Lipinski definition) is 1. The largest absolute Gasteiger partial charge is 0.330 e. The summed E-state index contributed by atoms with van der Waals surface area (Å²) in [5.41, 5.74) is 8.15. The highest BCUT2D eigenvalue weighted by Gasteiger charge is 2.57. The second-order valence-corrected chi connectivity index (χ2v) is 5.33. The van der Waals surface area contributed by atoms with E-state index >= 15 is 0 Å². The minimum atomic E-state index is 0.273. The molecule has 0 unspecified atom stereocenters. The van der Waals surface area contributed by atoms with Gasteiger partial charge in [-0.25, -0.2) is 4.98 Å². The lowest BCUT2D eigenvalue weighted by atomic mass is 10.0. The minimum Gasteiger partial charge on any atom is -0.330 e. The third-order valence-corrected chi connectivity index (χ3v) is 3.96. The lowest BCUT2D eigenvalue weighted by Crippen LogP contribution is -2.05. The molecule has 2 rings (SSSR count). The van der Waals surface area contributed by atoms with E-state index in [0.717, 1.165) is 17.8 Å². The third-order valence-electron chi connectivity index (χ3n) is 3.66. The fourth-order valence-corrected chi connectivity index (χ4v) is 2.88. The number of pyridine rings is 1. The van der Waals surface area contributed by atoms with Gasteiger partial charge in [0.05, 0.1) is 0 Å². The molecule has 1 saturated carbocycles. The van der Waals surface area contributed by atoms with Crippen molar-refractivity contribution in [2.75, 3.05) is 6.54 Å². The van der Waals surface area contributed by atoms with E-state index in [4.69, 9.17) is 17.3 Å². The van der Waals surface area contributed by atoms with Crippen molar-refractivity contribution >= 4 is 11.6 Å². The fourth-order valence-electron chi connectivity index (χ4n) is 2.57. The van der Waals surface area contributed by atoms with Crippen LogP contribution in [0.25, 0.3) is 0 Å². The first-order chi connectivity index (χ1) is 6.98. The lowest BCUT2D eigenvalue weighted by molar-refractivity contribution is 0.558. The van der Waals surface area contributed by atoms with Crippen molar-refractivity contribution in [3.63, 3.8) is 0 Å². The van der Waals surface area contributed by atoms with E-state index in [1.807, 2.05) is 13.0 Å². The zero-order valence-corrected chi connectivity index (χ0v) is 10.2. The van der Waals surface area contributed by atoms with Crippen LogP contribution in [0.1, 0.15) is 31.0 Å². The maximum absolute atomic E-state index is 6.16. The Balaban J connectivity index is 2.33. The van der Waals surface area contributed by atoms with Crippen molar-refractivity contribution in [3.05, 3.63) is 28.5 Å². The molecule has 1 aromatic heterocycles. The van der Waals surface area contributed by atoms with Gasteiger partial charge in [0.15, 0.2) is 0 Å². The molecule has 1 aromatic rings. The Hall–Kier alpha value is -0.600. The van der Waals surface area contributed by atoms with Crippen LogP contribution in [0.3, 0.4) is 0 Å². The Morgan fingerprint density at radius 2 is 2.13 bits per heavy atom. The Labute approximate surface area is 95.8 Å². The zero-order valence-electron chi connectivity index (χ0n) is 9.42. The van der Waals surface area contributed by atoms with E-state index < -0.39 is 0 Å². The fraction of sp³-hybridized carbons (Fsp3) is 0.583. The molecular formula is C12H17ClN2. The van der Waals surface area contributed by atoms with E-state index in [1.54, 1.807) is 0 Å². The Morgan fingerprint density at radius 1 is 1.47 bits per heavy atom. The highest BCUT2D eigenvalue weighted by atomic mass is 35.5. The molecule has 0 bridgehead atoms. The number of rotatable bonds is 2. The molecule has 1 heterocycles. The summed E-state index contributed by atoms with van der Waals surface area (Å²) in [7, 11) is 0. The van der Waals surface area contributed by atoms with E-state index in [1.165, 1.54) is 0 Å². The molecule has 3 heteroatoms. The van der Waals surface area contributed by atoms with Gasteiger partial charge in [-0.3, -0.25) is 0 Å². The van der Waals surface area contributed by atoms with Gasteiger partial charge in [-0.15, -0.1) is 0 Å². The molecular weight excluding hydrogens is 208 g/mol. The van der Waals surface area contributed by atoms with Crippen LogP contribution in [0.2, 0.25) is 5.15 Å². The van der Waals surface area contributed by atoms with Crippen molar-refractivity contribution in [1.29, 1.82) is 0 Å². The summed E-state index contributed by atoms with van der Waals surface area (Å²) in [4.78, 5) is 4.29. The lowest BCUT2D eigenvalue weighted by Gasteiger charge is -2.05. The minimum absolute atomic E-state index is 0.273. The molecule has 0 spiro atoms. The summed E-state index contributed by atoms with van der Waals surface area (Å²) >= 11 is 6.16. The van der Waals surface area contributed by atoms with Gasteiger partial charge >= 0.3 is 0 Å². The summed E-state index contributed by atoms with van der Waals surface area (Å²) in [5, 5.41) is 0.643. The summed E-state index contributed by atoms with van der Waals surface area (Å²) in [6, 6.07) is 4.11. The Morgan fingerprint density at radius 3 is 2.60 bits per heavy atom. The monoisotopic (exact) mass is 224 g/mol. The number of aryl methyl sites for hydroxylation is 1. The molecule has 0 aliphatic heterocycles. The topological polar surface area (TPSA) is 38.9 Å². The molecule has 2 nitrogen and oxygen atoms in total. The molecule has 1 aliphatic rings. The van der Waals surface area contributed by atoms with Crippen LogP contribution in [0, 0.1) is 18.3 Å². The standard InChI is InChI=1S/C12H17ClN2/c1-7-4-5-8(11(13)15-7)10-9(6-14)12(10,2)3/h4-5,9-10H,6,14H2,1-3H3/t9-,10-/m0/s1. The van der Waals surface area contributed by atoms with Gasteiger partial charge in [0.25, 0.3) is 0 Å². The van der Waals surface area contributed by atoms with Crippen molar-refractivity contribution in [2.45, 2.75) is 26.7 Å². The first-order valence-electron chi connectivity index (χ1n) is 5.31. The van der Waals surface area contributed by atoms with E-state index in [9.17, 15) is 0 Å². The normalized spacial score (nSPS) is 27.8. The van der Waals surface area contributed by atoms with Crippen molar-refractivity contribution in [1.82, 2.24) is 4.98 Å². The van der Waals surface area contributed by atoms with Gasteiger partial charge < -0.3 is 5.73 Å². The quantitative estimate of drug-likeness (QED) is 0.785. The van der Waals surface area contributed by atoms with Crippen LogP contribution < -0.4 is 5.73 Å². The number of halogens is 1. The highest BCUT2D eigenvalue weighted by molar-refractivity contribution is 6.30. The summed E-state index contributed by atoms with van der Waals surface area (Å²) in [5.74, 6) is 1.02. The number of hydrogen-bond acceptors (Lipinski definition) is 2. The van der Waals surface area contributed by atoms with Crippen LogP contribution in [0.5, 0.6) is 0 Å². The first-order valence-corrected chi connectivity index (χ1v) is 5.69. The maximum Gasteiger partial charge on any atom is 0.132 e. The van der Waals surface area contributed by atoms with Crippen LogP contribution in [-0.4, -0.2) is 11.5 Å². The van der Waals surface area contributed by atoms with Gasteiger partial charge in [-0.1, -0.05) is 31.5 Å². The number of nitrogens with zero attached hydrogens (tertiary/aromatic N) is 1. The number of aromatic nitrogens is 1. The van der Waals surface area contributed by atoms with Crippen molar-refractivity contribution in [3.8, 4) is 0 Å². The SMILES string of the molecule is Cc1ccc([C@H]2[C@H](CN)C2(C)C)c(Cl)n1. The summed E-state index contributed by atoms with van der Waals surface area (Å²) in [6.45, 7) is 7.16. The van der Waals surface area contributed by atoms with E-state index in [0.29, 0.717) is 17.0 Å². The smallest absolute Gasteiger partial charge is 0.132 e. The van der Waals surface area contributed by atoms with Crippen molar-refractivity contribution < 1.29 is 0 Å². The zero-order chi connectivity index (χ0) is 11.2. The molecule has 1 fully saturated rings. The van der Waals surface area contributed by atoms with Gasteiger partial charge in [0, 0.05) is 5.69 Å². The van der Waals surface area contributed by atoms with Gasteiger partial charge in [-0.05, 0) is 42.3 Å². The van der Waals surface area contributed by atoms with Gasteiger partial charge in [0.2, 0.25) is 0 Å². The molecule has 0 amide bonds. The van der Waals surface area contributed by atoms with Gasteiger partial charge in [-0.2, -0.15) is 0 Å². The molecule has 15 heavy (non-hydrogen) atoms. The van der Waals surface area contributed by atoms with Crippen LogP contribution in [-0.2, 0) is 0 Å². The van der Waals surface area contributed by atoms with E-state index in [-0.39, 0.29) is 5.41 Å². The predicted molar refractivity (Wildman–Crippen MR) is 63.1 cm³/mol. The van der Waals surface area contributed by atoms with Crippen LogP contribution in [0.15, 0.2) is 12.1 Å². The third kappa shape index (κ3) is 1.66. The van der Waals surface area contributed by atoms with Crippen LogP contribution in [0.4, 0.5) is 0 Å². The number of nitrogens with two attached hydrogens (primary N) is 1. The van der Waals surface area contributed by atoms with Crippen LogP contribution >= 0.6 is 11.6 Å². The summed E-state index contributed by atoms with van der Waals surface area (Å²) in [6.07, 6.45) is 0. The Bertz CT molecular complexity index is 387. The molecule has 0 saturated heterocycles. The average Bonchev–Trinajstić information content (AvgIpc) is 2.68. The maximum atomic E-state index is 6.16. The van der Waals surface area contributed by atoms with Crippen molar-refractivity contribution in [2.24, 2.45) is 17.1 Å². The molecule has 82 valence electrons. The second kappa shape index (κ2) is 3.46. The molecule has 1 aliphatic carbocycles. The Kier molecular flexibility index (Phi) is 2.52. The summed E-state index contributed by atoms with van der Waals surface area (Å²) < 4.78 is 0.